The van der Waals surface area contributed by atoms with Crippen molar-refractivity contribution in [2.45, 2.75) is 19.7 Å². The highest BCUT2D eigenvalue weighted by molar-refractivity contribution is 5.81. The molecule has 0 atom stereocenters. The van der Waals surface area contributed by atoms with Gasteiger partial charge in [0.2, 0.25) is 0 Å². The maximum absolute atomic E-state index is 12.5. The molecule has 136 valence electrons. The Kier molecular flexibility index (Phi) is 5.68. The van der Waals surface area contributed by atoms with Gasteiger partial charge in [-0.15, -0.1) is 0 Å². The summed E-state index contributed by atoms with van der Waals surface area (Å²) in [7, 11) is 1.65. The van der Waals surface area contributed by atoms with Crippen LogP contribution in [0.1, 0.15) is 11.3 Å². The Morgan fingerprint density at radius 3 is 2.58 bits per heavy atom. The molecule has 3 aromatic rings. The topological polar surface area (TPSA) is 61.4 Å². The lowest BCUT2D eigenvalue weighted by Crippen LogP contribution is -2.36. The number of H-pyrrole nitrogens is 1. The Bertz CT molecular complexity index is 859. The van der Waals surface area contributed by atoms with Crippen molar-refractivity contribution in [3.8, 4) is 5.75 Å². The number of guanidine groups is 1. The summed E-state index contributed by atoms with van der Waals surface area (Å²) in [4.78, 5) is 7.49. The quantitative estimate of drug-likeness (QED) is 0.466. The number of fused-ring (bicyclic) bond motifs is 1. The number of aromatic amines is 1. The molecule has 5 nitrogen and oxygen atoms in total. The number of aliphatic imine (C=N–C) groups is 1. The summed E-state index contributed by atoms with van der Waals surface area (Å²) in [5, 5.41) is 7.44. The number of halogens is 2. The number of hydrogen-bond donors (Lipinski definition) is 3. The summed E-state index contributed by atoms with van der Waals surface area (Å²) in [6.07, 6.45) is 0. The van der Waals surface area contributed by atoms with Crippen LogP contribution in [0.5, 0.6) is 5.75 Å². The van der Waals surface area contributed by atoms with Gasteiger partial charge in [-0.2, -0.15) is 8.78 Å². The van der Waals surface area contributed by atoms with Crippen LogP contribution < -0.4 is 15.4 Å². The third-order valence-electron chi connectivity index (χ3n) is 3.89. The fourth-order valence-corrected chi connectivity index (χ4v) is 2.67. The van der Waals surface area contributed by atoms with Crippen molar-refractivity contribution in [3.05, 3.63) is 65.9 Å². The van der Waals surface area contributed by atoms with Crippen molar-refractivity contribution in [1.29, 1.82) is 0 Å². The first kappa shape index (κ1) is 17.7. The fourth-order valence-electron chi connectivity index (χ4n) is 2.67. The van der Waals surface area contributed by atoms with E-state index in [0.29, 0.717) is 24.6 Å². The molecule has 0 amide bonds. The molecular weight excluding hydrogens is 338 g/mol. The van der Waals surface area contributed by atoms with Crippen LogP contribution in [0.25, 0.3) is 10.9 Å². The Labute approximate surface area is 150 Å². The highest BCUT2D eigenvalue weighted by Gasteiger charge is 2.09. The Hall–Kier alpha value is -3.09. The smallest absolute Gasteiger partial charge is 0.387 e. The normalized spacial score (nSPS) is 11.8. The van der Waals surface area contributed by atoms with E-state index in [1.54, 1.807) is 25.2 Å². The molecule has 0 unspecified atom stereocenters. The standard InChI is InChI=1S/C19H20F2N4O/c1-22-19(23-11-14-7-3-5-9-17(14)26-18(20)21)24-12-15-10-13-6-2-4-8-16(13)25-15/h2-10,18,25H,11-12H2,1H3,(H2,22,23,24). The van der Waals surface area contributed by atoms with E-state index in [0.717, 1.165) is 16.6 Å². The van der Waals surface area contributed by atoms with Crippen LogP contribution in [0.15, 0.2) is 59.6 Å². The molecule has 0 saturated heterocycles. The van der Waals surface area contributed by atoms with Crippen molar-refractivity contribution in [1.82, 2.24) is 15.6 Å². The summed E-state index contributed by atoms with van der Waals surface area (Å²) in [5.74, 6) is 0.719. The average Bonchev–Trinajstić information content (AvgIpc) is 3.05. The Balaban J connectivity index is 1.58. The van der Waals surface area contributed by atoms with E-state index in [2.05, 4.69) is 31.4 Å². The molecule has 0 aliphatic heterocycles. The minimum atomic E-state index is -2.85. The first-order chi connectivity index (χ1) is 12.7. The number of para-hydroxylation sites is 2. The van der Waals surface area contributed by atoms with Crippen LogP contribution in [0.4, 0.5) is 8.78 Å². The number of hydrogen-bond acceptors (Lipinski definition) is 2. The number of aromatic nitrogens is 1. The fraction of sp³-hybridized carbons (Fsp3) is 0.211. The number of rotatable bonds is 6. The van der Waals surface area contributed by atoms with Crippen molar-refractivity contribution in [2.24, 2.45) is 4.99 Å². The van der Waals surface area contributed by atoms with Crippen LogP contribution >= 0.6 is 0 Å². The number of benzene rings is 2. The first-order valence-corrected chi connectivity index (χ1v) is 8.19. The molecule has 3 rings (SSSR count). The van der Waals surface area contributed by atoms with E-state index in [1.165, 1.54) is 6.07 Å². The highest BCUT2D eigenvalue weighted by Crippen LogP contribution is 2.20. The maximum Gasteiger partial charge on any atom is 0.387 e. The zero-order valence-electron chi connectivity index (χ0n) is 14.3. The molecule has 26 heavy (non-hydrogen) atoms. The second kappa shape index (κ2) is 8.33. The van der Waals surface area contributed by atoms with E-state index in [9.17, 15) is 8.78 Å². The van der Waals surface area contributed by atoms with Gasteiger partial charge in [0.15, 0.2) is 5.96 Å². The Morgan fingerprint density at radius 2 is 1.81 bits per heavy atom. The van der Waals surface area contributed by atoms with Gasteiger partial charge in [-0.05, 0) is 23.6 Å². The van der Waals surface area contributed by atoms with E-state index < -0.39 is 6.61 Å². The van der Waals surface area contributed by atoms with Gasteiger partial charge in [0, 0.05) is 30.4 Å². The Morgan fingerprint density at radius 1 is 1.08 bits per heavy atom. The zero-order chi connectivity index (χ0) is 18.4. The van der Waals surface area contributed by atoms with Gasteiger partial charge in [0.25, 0.3) is 0 Å². The van der Waals surface area contributed by atoms with Gasteiger partial charge in [-0.1, -0.05) is 36.4 Å². The maximum atomic E-state index is 12.5. The van der Waals surface area contributed by atoms with Crippen LogP contribution in [0.3, 0.4) is 0 Å². The van der Waals surface area contributed by atoms with Gasteiger partial charge in [0.05, 0.1) is 6.54 Å². The lowest BCUT2D eigenvalue weighted by Gasteiger charge is -2.14. The van der Waals surface area contributed by atoms with Crippen molar-refractivity contribution in [2.75, 3.05) is 7.05 Å². The predicted molar refractivity (Wildman–Crippen MR) is 98.4 cm³/mol. The van der Waals surface area contributed by atoms with Gasteiger partial charge in [-0.3, -0.25) is 4.99 Å². The number of ether oxygens (including phenoxy) is 1. The lowest BCUT2D eigenvalue weighted by atomic mass is 10.2. The molecule has 0 spiro atoms. The number of nitrogens with one attached hydrogen (secondary N) is 3. The molecule has 3 N–H and O–H groups in total. The van der Waals surface area contributed by atoms with Gasteiger partial charge < -0.3 is 20.4 Å². The zero-order valence-corrected chi connectivity index (χ0v) is 14.3. The minimum Gasteiger partial charge on any atom is -0.434 e. The average molecular weight is 358 g/mol. The van der Waals surface area contributed by atoms with Crippen LogP contribution in [-0.2, 0) is 13.1 Å². The lowest BCUT2D eigenvalue weighted by molar-refractivity contribution is -0.0504. The van der Waals surface area contributed by atoms with E-state index in [1.807, 2.05) is 24.3 Å². The summed E-state index contributed by atoms with van der Waals surface area (Å²) in [5.41, 5.74) is 2.72. The predicted octanol–water partition coefficient (Wildman–Crippen LogP) is 3.63. The van der Waals surface area contributed by atoms with Gasteiger partial charge in [-0.25, -0.2) is 0 Å². The third-order valence-corrected chi connectivity index (χ3v) is 3.89. The van der Waals surface area contributed by atoms with Crippen molar-refractivity contribution in [3.63, 3.8) is 0 Å². The molecular formula is C19H20F2N4O. The highest BCUT2D eigenvalue weighted by atomic mass is 19.3. The van der Waals surface area contributed by atoms with Gasteiger partial charge >= 0.3 is 6.61 Å². The van der Waals surface area contributed by atoms with Crippen LogP contribution in [0.2, 0.25) is 0 Å². The molecule has 1 aromatic heterocycles. The minimum absolute atomic E-state index is 0.154. The SMILES string of the molecule is CN=C(NCc1cc2ccccc2[nH]1)NCc1ccccc1OC(F)F. The number of alkyl halides is 2. The molecule has 2 aromatic carbocycles. The van der Waals surface area contributed by atoms with E-state index in [4.69, 9.17) is 0 Å². The van der Waals surface area contributed by atoms with E-state index >= 15 is 0 Å². The van der Waals surface area contributed by atoms with Crippen molar-refractivity contribution < 1.29 is 13.5 Å². The molecule has 0 aliphatic rings. The van der Waals surface area contributed by atoms with E-state index in [-0.39, 0.29) is 5.75 Å². The summed E-state index contributed by atoms with van der Waals surface area (Å²) < 4.78 is 29.5. The molecule has 7 heteroatoms. The van der Waals surface area contributed by atoms with Crippen molar-refractivity contribution >= 4 is 16.9 Å². The summed E-state index contributed by atoms with van der Waals surface area (Å²) in [6, 6.07) is 16.8. The van der Waals surface area contributed by atoms with Crippen LogP contribution in [-0.4, -0.2) is 24.6 Å². The largest absolute Gasteiger partial charge is 0.434 e. The summed E-state index contributed by atoms with van der Waals surface area (Å²) >= 11 is 0. The van der Waals surface area contributed by atoms with Crippen LogP contribution in [0, 0.1) is 0 Å². The van der Waals surface area contributed by atoms with Gasteiger partial charge in [0.1, 0.15) is 5.75 Å². The molecule has 0 aliphatic carbocycles. The first-order valence-electron chi connectivity index (χ1n) is 8.19. The monoisotopic (exact) mass is 358 g/mol. The second-order valence-electron chi connectivity index (χ2n) is 5.65. The summed E-state index contributed by atoms with van der Waals surface area (Å²) in [6.45, 7) is -1.98. The second-order valence-corrected chi connectivity index (χ2v) is 5.65. The molecule has 0 saturated carbocycles. The molecule has 0 bridgehead atoms. The third kappa shape index (κ3) is 4.50. The molecule has 0 fully saturated rings. The molecule has 1 heterocycles. The molecule has 0 radical (unpaired) electrons. The number of nitrogens with zero attached hydrogens (tertiary/aromatic N) is 1.